The van der Waals surface area contributed by atoms with Crippen LogP contribution in [0.2, 0.25) is 0 Å². The van der Waals surface area contributed by atoms with Gasteiger partial charge in [-0.3, -0.25) is 0 Å². The summed E-state index contributed by atoms with van der Waals surface area (Å²) in [6.45, 7) is 8.96. The predicted octanol–water partition coefficient (Wildman–Crippen LogP) is 4.15. The molecule has 0 fully saturated rings. The van der Waals surface area contributed by atoms with Crippen LogP contribution in [0.3, 0.4) is 0 Å². The van der Waals surface area contributed by atoms with Crippen molar-refractivity contribution in [3.63, 3.8) is 0 Å². The molecule has 0 atom stereocenters. The van der Waals surface area contributed by atoms with Crippen molar-refractivity contribution in [3.05, 3.63) is 64.7 Å². The summed E-state index contributed by atoms with van der Waals surface area (Å²) in [5.74, 6) is 0.844. The van der Waals surface area contributed by atoms with E-state index in [-0.39, 0.29) is 12.0 Å². The summed E-state index contributed by atoms with van der Waals surface area (Å²) in [5, 5.41) is 9.48. The number of hydrogen-bond acceptors (Lipinski definition) is 2. The van der Waals surface area contributed by atoms with E-state index in [0.29, 0.717) is 6.61 Å². The molecule has 21 heavy (non-hydrogen) atoms. The van der Waals surface area contributed by atoms with Crippen molar-refractivity contribution in [3.8, 4) is 5.75 Å². The first kappa shape index (κ1) is 15.6. The number of hydrogen-bond donors (Lipinski definition) is 1. The van der Waals surface area contributed by atoms with E-state index in [1.165, 1.54) is 16.7 Å². The highest BCUT2D eigenvalue weighted by Gasteiger charge is 2.19. The predicted molar refractivity (Wildman–Crippen MR) is 86.8 cm³/mol. The molecule has 2 aromatic carbocycles. The minimum absolute atomic E-state index is 0.118. The Kier molecular flexibility index (Phi) is 4.69. The van der Waals surface area contributed by atoms with Crippen LogP contribution in [0.1, 0.15) is 36.1 Å². The largest absolute Gasteiger partial charge is 0.489 e. The molecule has 0 aliphatic heterocycles. The molecule has 0 radical (unpaired) electrons. The second kappa shape index (κ2) is 6.31. The standard InChI is InChI=1S/C19H24O2/c1-14-7-5-8-15(2)18(14)12-21-17-10-6-9-16(11-17)19(3,4)13-20/h5-11,20H,12-13H2,1-4H3. The van der Waals surface area contributed by atoms with Crippen LogP contribution >= 0.6 is 0 Å². The molecular weight excluding hydrogens is 260 g/mol. The molecule has 0 aliphatic rings. The molecule has 0 aliphatic carbocycles. The lowest BCUT2D eigenvalue weighted by molar-refractivity contribution is 0.218. The van der Waals surface area contributed by atoms with Crippen molar-refractivity contribution in [1.82, 2.24) is 0 Å². The van der Waals surface area contributed by atoms with Crippen LogP contribution in [-0.4, -0.2) is 11.7 Å². The maximum atomic E-state index is 9.48. The first-order chi connectivity index (χ1) is 9.94. The van der Waals surface area contributed by atoms with Crippen molar-refractivity contribution in [2.75, 3.05) is 6.61 Å². The Labute approximate surface area is 127 Å². The molecule has 2 heteroatoms. The summed E-state index contributed by atoms with van der Waals surface area (Å²) in [4.78, 5) is 0. The van der Waals surface area contributed by atoms with E-state index in [1.54, 1.807) is 0 Å². The lowest BCUT2D eigenvalue weighted by Gasteiger charge is -2.23. The highest BCUT2D eigenvalue weighted by molar-refractivity contribution is 5.35. The van der Waals surface area contributed by atoms with E-state index in [2.05, 4.69) is 32.0 Å². The molecule has 0 saturated carbocycles. The SMILES string of the molecule is Cc1cccc(C)c1COc1cccc(C(C)(C)CO)c1. The number of rotatable bonds is 5. The van der Waals surface area contributed by atoms with Gasteiger partial charge in [-0.2, -0.15) is 0 Å². The van der Waals surface area contributed by atoms with Gasteiger partial charge >= 0.3 is 0 Å². The van der Waals surface area contributed by atoms with Crippen LogP contribution < -0.4 is 4.74 Å². The maximum Gasteiger partial charge on any atom is 0.120 e. The molecular formula is C19H24O2. The Morgan fingerprint density at radius 3 is 2.24 bits per heavy atom. The second-order valence-corrected chi connectivity index (χ2v) is 6.23. The van der Waals surface area contributed by atoms with E-state index < -0.39 is 0 Å². The minimum atomic E-state index is -0.252. The Bertz CT molecular complexity index is 594. The topological polar surface area (TPSA) is 29.5 Å². The zero-order valence-corrected chi connectivity index (χ0v) is 13.3. The zero-order valence-electron chi connectivity index (χ0n) is 13.3. The third-order valence-electron chi connectivity index (χ3n) is 4.04. The number of benzene rings is 2. The number of aliphatic hydroxyl groups is 1. The zero-order chi connectivity index (χ0) is 15.5. The fourth-order valence-electron chi connectivity index (χ4n) is 2.33. The van der Waals surface area contributed by atoms with Gasteiger partial charge in [0, 0.05) is 5.41 Å². The molecule has 2 nitrogen and oxygen atoms in total. The van der Waals surface area contributed by atoms with Crippen LogP contribution in [0.4, 0.5) is 0 Å². The van der Waals surface area contributed by atoms with Gasteiger partial charge < -0.3 is 9.84 Å². The summed E-state index contributed by atoms with van der Waals surface area (Å²) in [6.07, 6.45) is 0. The van der Waals surface area contributed by atoms with Gasteiger partial charge in [-0.05, 0) is 48.2 Å². The minimum Gasteiger partial charge on any atom is -0.489 e. The summed E-state index contributed by atoms with van der Waals surface area (Å²) in [5.41, 5.74) is 4.58. The highest BCUT2D eigenvalue weighted by atomic mass is 16.5. The van der Waals surface area contributed by atoms with Gasteiger partial charge in [0.1, 0.15) is 12.4 Å². The third kappa shape index (κ3) is 3.64. The summed E-state index contributed by atoms with van der Waals surface area (Å²) < 4.78 is 5.95. The van der Waals surface area contributed by atoms with Gasteiger partial charge in [-0.15, -0.1) is 0 Å². The van der Waals surface area contributed by atoms with E-state index in [1.807, 2.05) is 38.1 Å². The Balaban J connectivity index is 2.16. The Morgan fingerprint density at radius 1 is 1.00 bits per heavy atom. The van der Waals surface area contributed by atoms with Crippen LogP contribution in [0.25, 0.3) is 0 Å². The highest BCUT2D eigenvalue weighted by Crippen LogP contribution is 2.26. The van der Waals surface area contributed by atoms with Gasteiger partial charge in [0.25, 0.3) is 0 Å². The van der Waals surface area contributed by atoms with Gasteiger partial charge in [0.05, 0.1) is 6.61 Å². The molecule has 0 amide bonds. The van der Waals surface area contributed by atoms with Crippen LogP contribution in [0, 0.1) is 13.8 Å². The molecule has 0 aromatic heterocycles. The molecule has 0 heterocycles. The monoisotopic (exact) mass is 284 g/mol. The van der Waals surface area contributed by atoms with Crippen molar-refractivity contribution >= 4 is 0 Å². The second-order valence-electron chi connectivity index (χ2n) is 6.23. The van der Waals surface area contributed by atoms with E-state index in [0.717, 1.165) is 11.3 Å². The first-order valence-electron chi connectivity index (χ1n) is 7.33. The third-order valence-corrected chi connectivity index (χ3v) is 4.04. The number of aliphatic hydroxyl groups excluding tert-OH is 1. The quantitative estimate of drug-likeness (QED) is 0.893. The van der Waals surface area contributed by atoms with E-state index >= 15 is 0 Å². The first-order valence-corrected chi connectivity index (χ1v) is 7.33. The van der Waals surface area contributed by atoms with Crippen molar-refractivity contribution in [1.29, 1.82) is 0 Å². The molecule has 2 aromatic rings. The average molecular weight is 284 g/mol. The fraction of sp³-hybridized carbons (Fsp3) is 0.368. The molecule has 112 valence electrons. The fourth-order valence-corrected chi connectivity index (χ4v) is 2.33. The number of aryl methyl sites for hydroxylation is 2. The Morgan fingerprint density at radius 2 is 1.62 bits per heavy atom. The van der Waals surface area contributed by atoms with Crippen LogP contribution in [-0.2, 0) is 12.0 Å². The van der Waals surface area contributed by atoms with E-state index in [4.69, 9.17) is 4.74 Å². The maximum absolute atomic E-state index is 9.48. The van der Waals surface area contributed by atoms with Gasteiger partial charge in [-0.1, -0.05) is 44.2 Å². The Hall–Kier alpha value is -1.80. The van der Waals surface area contributed by atoms with Gasteiger partial charge in [0.2, 0.25) is 0 Å². The lowest BCUT2D eigenvalue weighted by Crippen LogP contribution is -2.21. The van der Waals surface area contributed by atoms with Gasteiger partial charge in [0.15, 0.2) is 0 Å². The van der Waals surface area contributed by atoms with Crippen LogP contribution in [0.5, 0.6) is 5.75 Å². The van der Waals surface area contributed by atoms with Crippen LogP contribution in [0.15, 0.2) is 42.5 Å². The van der Waals surface area contributed by atoms with Crippen molar-refractivity contribution in [2.45, 2.75) is 39.7 Å². The smallest absolute Gasteiger partial charge is 0.120 e. The molecule has 0 bridgehead atoms. The molecule has 0 unspecified atom stereocenters. The summed E-state index contributed by atoms with van der Waals surface area (Å²) in [6, 6.07) is 14.3. The summed E-state index contributed by atoms with van der Waals surface area (Å²) >= 11 is 0. The van der Waals surface area contributed by atoms with Crippen molar-refractivity contribution in [2.24, 2.45) is 0 Å². The van der Waals surface area contributed by atoms with Crippen molar-refractivity contribution < 1.29 is 9.84 Å². The normalized spacial score (nSPS) is 11.5. The molecule has 0 spiro atoms. The summed E-state index contributed by atoms with van der Waals surface area (Å²) in [7, 11) is 0. The molecule has 1 N–H and O–H groups in total. The lowest BCUT2D eigenvalue weighted by atomic mass is 9.85. The molecule has 0 saturated heterocycles. The average Bonchev–Trinajstić information content (AvgIpc) is 2.47. The van der Waals surface area contributed by atoms with Gasteiger partial charge in [-0.25, -0.2) is 0 Å². The van der Waals surface area contributed by atoms with E-state index in [9.17, 15) is 5.11 Å². The molecule has 2 rings (SSSR count). The number of ether oxygens (including phenoxy) is 1.